The molecule has 0 saturated heterocycles. The summed E-state index contributed by atoms with van der Waals surface area (Å²) in [6.45, 7) is 3.52. The molecule has 3 heteroatoms. The summed E-state index contributed by atoms with van der Waals surface area (Å²) in [5, 5.41) is 22.0. The SMILES string of the molecule is CCCC(CCO)CNC1CCC(O)CC1. The van der Waals surface area contributed by atoms with E-state index in [9.17, 15) is 5.11 Å². The van der Waals surface area contributed by atoms with Gasteiger partial charge in [-0.25, -0.2) is 0 Å². The van der Waals surface area contributed by atoms with E-state index in [2.05, 4.69) is 12.2 Å². The lowest BCUT2D eigenvalue weighted by Gasteiger charge is -2.28. The van der Waals surface area contributed by atoms with Gasteiger partial charge >= 0.3 is 0 Å². The number of hydrogen-bond donors (Lipinski definition) is 3. The van der Waals surface area contributed by atoms with Crippen molar-refractivity contribution >= 4 is 0 Å². The van der Waals surface area contributed by atoms with Crippen molar-refractivity contribution in [1.82, 2.24) is 5.32 Å². The molecule has 1 aliphatic carbocycles. The first-order valence-corrected chi connectivity index (χ1v) is 6.78. The Morgan fingerprint density at radius 2 is 1.88 bits per heavy atom. The van der Waals surface area contributed by atoms with Gasteiger partial charge < -0.3 is 15.5 Å². The second-order valence-corrected chi connectivity index (χ2v) is 5.08. The van der Waals surface area contributed by atoms with Crippen molar-refractivity contribution < 1.29 is 10.2 Å². The highest BCUT2D eigenvalue weighted by atomic mass is 16.3. The monoisotopic (exact) mass is 229 g/mol. The van der Waals surface area contributed by atoms with Gasteiger partial charge in [-0.3, -0.25) is 0 Å². The van der Waals surface area contributed by atoms with Crippen LogP contribution in [-0.2, 0) is 0 Å². The van der Waals surface area contributed by atoms with Crippen molar-refractivity contribution in [3.05, 3.63) is 0 Å². The molecule has 0 aliphatic heterocycles. The Kier molecular flexibility index (Phi) is 7.01. The van der Waals surface area contributed by atoms with E-state index >= 15 is 0 Å². The molecular weight excluding hydrogens is 202 g/mol. The largest absolute Gasteiger partial charge is 0.396 e. The molecule has 0 radical (unpaired) electrons. The van der Waals surface area contributed by atoms with E-state index in [0.29, 0.717) is 18.6 Å². The average molecular weight is 229 g/mol. The predicted octanol–water partition coefficient (Wildman–Crippen LogP) is 1.68. The molecule has 1 saturated carbocycles. The fraction of sp³-hybridized carbons (Fsp3) is 1.00. The summed E-state index contributed by atoms with van der Waals surface area (Å²) >= 11 is 0. The first-order valence-electron chi connectivity index (χ1n) is 6.78. The quantitative estimate of drug-likeness (QED) is 0.622. The van der Waals surface area contributed by atoms with E-state index in [1.54, 1.807) is 0 Å². The zero-order chi connectivity index (χ0) is 11.8. The molecule has 0 bridgehead atoms. The van der Waals surface area contributed by atoms with Gasteiger partial charge in [0.1, 0.15) is 0 Å². The van der Waals surface area contributed by atoms with Crippen LogP contribution >= 0.6 is 0 Å². The number of aliphatic hydroxyl groups excluding tert-OH is 2. The second kappa shape index (κ2) is 8.04. The van der Waals surface area contributed by atoms with E-state index in [4.69, 9.17) is 5.11 Å². The molecule has 16 heavy (non-hydrogen) atoms. The van der Waals surface area contributed by atoms with Crippen LogP contribution in [0.2, 0.25) is 0 Å². The minimum Gasteiger partial charge on any atom is -0.396 e. The molecule has 1 atom stereocenters. The van der Waals surface area contributed by atoms with Gasteiger partial charge in [0.05, 0.1) is 6.10 Å². The Morgan fingerprint density at radius 1 is 1.19 bits per heavy atom. The van der Waals surface area contributed by atoms with Gasteiger partial charge in [0.25, 0.3) is 0 Å². The fourth-order valence-electron chi connectivity index (χ4n) is 2.55. The molecule has 1 rings (SSSR count). The van der Waals surface area contributed by atoms with E-state index < -0.39 is 0 Å². The van der Waals surface area contributed by atoms with Gasteiger partial charge in [-0.1, -0.05) is 13.3 Å². The molecule has 0 spiro atoms. The standard InChI is InChI=1S/C13H27NO2/c1-2-3-11(8-9-15)10-14-12-4-6-13(16)7-5-12/h11-16H,2-10H2,1H3. The number of hydrogen-bond acceptors (Lipinski definition) is 3. The van der Waals surface area contributed by atoms with Gasteiger partial charge in [-0.05, 0) is 51.0 Å². The summed E-state index contributed by atoms with van der Waals surface area (Å²) in [6.07, 6.45) is 7.31. The van der Waals surface area contributed by atoms with E-state index in [0.717, 1.165) is 38.6 Å². The summed E-state index contributed by atoms with van der Waals surface area (Å²) in [5.74, 6) is 0.613. The third-order valence-electron chi connectivity index (χ3n) is 3.63. The third kappa shape index (κ3) is 5.28. The van der Waals surface area contributed by atoms with Crippen LogP contribution in [0.4, 0.5) is 0 Å². The summed E-state index contributed by atoms with van der Waals surface area (Å²) in [4.78, 5) is 0. The van der Waals surface area contributed by atoms with Crippen LogP contribution in [0.5, 0.6) is 0 Å². The first kappa shape index (κ1) is 13.9. The first-order chi connectivity index (χ1) is 7.76. The highest BCUT2D eigenvalue weighted by Crippen LogP contribution is 2.19. The van der Waals surface area contributed by atoms with E-state index in [1.165, 1.54) is 12.8 Å². The molecule has 3 nitrogen and oxygen atoms in total. The number of nitrogens with one attached hydrogen (secondary N) is 1. The average Bonchev–Trinajstić information content (AvgIpc) is 2.29. The Hall–Kier alpha value is -0.120. The summed E-state index contributed by atoms with van der Waals surface area (Å²) in [7, 11) is 0. The maximum Gasteiger partial charge on any atom is 0.0541 e. The highest BCUT2D eigenvalue weighted by molar-refractivity contribution is 4.77. The minimum atomic E-state index is -0.0677. The Labute approximate surface area is 99.3 Å². The lowest BCUT2D eigenvalue weighted by Crippen LogP contribution is -2.37. The molecule has 0 heterocycles. The molecular formula is C13H27NO2. The number of rotatable bonds is 7. The van der Waals surface area contributed by atoms with Crippen LogP contribution in [0.15, 0.2) is 0 Å². The Balaban J connectivity index is 2.15. The molecule has 1 unspecified atom stereocenters. The number of aliphatic hydroxyl groups is 2. The maximum absolute atomic E-state index is 9.41. The molecule has 0 aromatic rings. The van der Waals surface area contributed by atoms with Crippen LogP contribution in [0.3, 0.4) is 0 Å². The summed E-state index contributed by atoms with van der Waals surface area (Å²) in [6, 6.07) is 0.585. The van der Waals surface area contributed by atoms with Crippen LogP contribution < -0.4 is 5.32 Å². The van der Waals surface area contributed by atoms with Crippen molar-refractivity contribution in [2.24, 2.45) is 5.92 Å². The van der Waals surface area contributed by atoms with Gasteiger partial charge in [-0.2, -0.15) is 0 Å². The van der Waals surface area contributed by atoms with Gasteiger partial charge in [0, 0.05) is 12.6 Å². The van der Waals surface area contributed by atoms with Crippen LogP contribution in [0, 0.1) is 5.92 Å². The maximum atomic E-state index is 9.41. The van der Waals surface area contributed by atoms with Crippen molar-refractivity contribution in [3.63, 3.8) is 0 Å². The Bertz CT molecular complexity index is 161. The Morgan fingerprint density at radius 3 is 2.44 bits per heavy atom. The molecule has 3 N–H and O–H groups in total. The predicted molar refractivity (Wildman–Crippen MR) is 66.4 cm³/mol. The lowest BCUT2D eigenvalue weighted by atomic mass is 9.92. The highest BCUT2D eigenvalue weighted by Gasteiger charge is 2.19. The van der Waals surface area contributed by atoms with Crippen LogP contribution in [-0.4, -0.2) is 35.5 Å². The summed E-state index contributed by atoms with van der Waals surface area (Å²) in [5.41, 5.74) is 0. The van der Waals surface area contributed by atoms with Gasteiger partial charge in [0.15, 0.2) is 0 Å². The zero-order valence-corrected chi connectivity index (χ0v) is 10.5. The van der Waals surface area contributed by atoms with Crippen molar-refractivity contribution in [3.8, 4) is 0 Å². The van der Waals surface area contributed by atoms with E-state index in [1.807, 2.05) is 0 Å². The zero-order valence-electron chi connectivity index (χ0n) is 10.5. The summed E-state index contributed by atoms with van der Waals surface area (Å²) < 4.78 is 0. The van der Waals surface area contributed by atoms with Gasteiger partial charge in [-0.15, -0.1) is 0 Å². The minimum absolute atomic E-state index is 0.0677. The van der Waals surface area contributed by atoms with Crippen molar-refractivity contribution in [2.75, 3.05) is 13.2 Å². The third-order valence-corrected chi connectivity index (χ3v) is 3.63. The van der Waals surface area contributed by atoms with E-state index in [-0.39, 0.29) is 6.10 Å². The van der Waals surface area contributed by atoms with Gasteiger partial charge in [0.2, 0.25) is 0 Å². The van der Waals surface area contributed by atoms with Crippen LogP contribution in [0.25, 0.3) is 0 Å². The smallest absolute Gasteiger partial charge is 0.0541 e. The molecule has 0 aromatic heterocycles. The molecule has 96 valence electrons. The second-order valence-electron chi connectivity index (χ2n) is 5.08. The van der Waals surface area contributed by atoms with Crippen LogP contribution in [0.1, 0.15) is 51.9 Å². The van der Waals surface area contributed by atoms with Crippen molar-refractivity contribution in [1.29, 1.82) is 0 Å². The molecule has 0 aromatic carbocycles. The lowest BCUT2D eigenvalue weighted by molar-refractivity contribution is 0.115. The molecule has 1 aliphatic rings. The van der Waals surface area contributed by atoms with Crippen molar-refractivity contribution in [2.45, 2.75) is 64.0 Å². The fourth-order valence-corrected chi connectivity index (χ4v) is 2.55. The molecule has 0 amide bonds. The topological polar surface area (TPSA) is 52.5 Å². The normalized spacial score (nSPS) is 27.9. The molecule has 1 fully saturated rings.